The fourth-order valence-corrected chi connectivity index (χ4v) is 1.36. The summed E-state index contributed by atoms with van der Waals surface area (Å²) < 4.78 is 25.7. The lowest BCUT2D eigenvalue weighted by Crippen LogP contribution is -2.46. The maximum absolute atomic E-state index is 12.8. The van der Waals surface area contributed by atoms with E-state index in [0.717, 1.165) is 0 Å². The van der Waals surface area contributed by atoms with Crippen molar-refractivity contribution >= 4 is 0 Å². The highest BCUT2D eigenvalue weighted by atomic mass is 19.3. The molecule has 0 unspecified atom stereocenters. The zero-order valence-electron chi connectivity index (χ0n) is 8.36. The lowest BCUT2D eigenvalue weighted by molar-refractivity contribution is -0.298. The Hall–Kier alpha value is -0.180. The Morgan fingerprint density at radius 3 is 1.25 bits per heavy atom. The topological polar surface area (TPSA) is 20.2 Å². The molecule has 1 nitrogen and oxygen atoms in total. The minimum absolute atomic E-state index is 0.252. The van der Waals surface area contributed by atoms with Crippen molar-refractivity contribution in [3.05, 3.63) is 0 Å². The molecule has 0 heterocycles. The number of halogens is 2. The summed E-state index contributed by atoms with van der Waals surface area (Å²) in [6, 6.07) is 0. The molecule has 0 saturated heterocycles. The Balaban J connectivity index is 4.89. The molecule has 1 N–H and O–H groups in total. The largest absolute Gasteiger partial charge is 0.359 e. The van der Waals surface area contributed by atoms with E-state index in [1.165, 1.54) is 6.92 Å². The molecule has 0 aliphatic carbocycles. The van der Waals surface area contributed by atoms with E-state index < -0.39 is 11.5 Å². The molecule has 12 heavy (non-hydrogen) atoms. The Morgan fingerprint density at radius 2 is 1.25 bits per heavy atom. The van der Waals surface area contributed by atoms with E-state index in [9.17, 15) is 8.78 Å². The molecule has 0 aromatic heterocycles. The molecule has 3 heteroatoms. The Morgan fingerprint density at radius 1 is 1.00 bits per heavy atom. The van der Waals surface area contributed by atoms with Crippen LogP contribution in [0.1, 0.15) is 34.6 Å². The predicted octanol–water partition coefficient (Wildman–Crippen LogP) is 2.89. The average molecular weight is 180 g/mol. The van der Waals surface area contributed by atoms with E-state index in [-0.39, 0.29) is 11.8 Å². The zero-order chi connectivity index (χ0) is 10.2. The first-order chi connectivity index (χ1) is 5.14. The second-order valence-electron chi connectivity index (χ2n) is 4.13. The summed E-state index contributed by atoms with van der Waals surface area (Å²) in [6.07, 6.45) is -3.60. The van der Waals surface area contributed by atoms with Crippen LogP contribution < -0.4 is 0 Å². The molecule has 0 aliphatic rings. The van der Waals surface area contributed by atoms with Crippen molar-refractivity contribution in [3.63, 3.8) is 0 Å². The molecular weight excluding hydrogens is 162 g/mol. The van der Waals surface area contributed by atoms with Gasteiger partial charge >= 0.3 is 6.11 Å². The van der Waals surface area contributed by atoms with E-state index in [0.29, 0.717) is 0 Å². The molecule has 74 valence electrons. The molecule has 0 radical (unpaired) electrons. The number of alkyl halides is 2. The fraction of sp³-hybridized carbons (Fsp3) is 1.00. The maximum Gasteiger partial charge on any atom is 0.359 e. The highest BCUT2D eigenvalue weighted by molar-refractivity contribution is 4.87. The molecule has 0 bridgehead atoms. The van der Waals surface area contributed by atoms with Crippen molar-refractivity contribution in [3.8, 4) is 0 Å². The number of rotatable bonds is 3. The summed E-state index contributed by atoms with van der Waals surface area (Å²) in [5.41, 5.74) is -1.34. The van der Waals surface area contributed by atoms with Gasteiger partial charge in [-0.3, -0.25) is 0 Å². The van der Waals surface area contributed by atoms with Gasteiger partial charge in [0.25, 0.3) is 0 Å². The van der Waals surface area contributed by atoms with Crippen LogP contribution >= 0.6 is 0 Å². The third kappa shape index (κ3) is 1.76. The molecule has 0 saturated carbocycles. The SMILES string of the molecule is CC(C)C(C)(C(C)C)C(O)(F)F. The third-order valence-electron chi connectivity index (χ3n) is 3.05. The number of hydrogen-bond acceptors (Lipinski definition) is 1. The van der Waals surface area contributed by atoms with Crippen LogP contribution in [0.15, 0.2) is 0 Å². The van der Waals surface area contributed by atoms with Crippen molar-refractivity contribution in [1.29, 1.82) is 0 Å². The van der Waals surface area contributed by atoms with Crippen LogP contribution in [0.2, 0.25) is 0 Å². The van der Waals surface area contributed by atoms with Crippen molar-refractivity contribution in [1.82, 2.24) is 0 Å². The van der Waals surface area contributed by atoms with Gasteiger partial charge in [0.15, 0.2) is 0 Å². The molecular formula is C9H18F2O. The minimum Gasteiger partial charge on any atom is -0.336 e. The smallest absolute Gasteiger partial charge is 0.336 e. The van der Waals surface area contributed by atoms with Crippen molar-refractivity contribution in [2.24, 2.45) is 17.3 Å². The van der Waals surface area contributed by atoms with Crippen LogP contribution in [0.4, 0.5) is 8.78 Å². The highest BCUT2D eigenvalue weighted by Gasteiger charge is 2.52. The van der Waals surface area contributed by atoms with Gasteiger partial charge in [0.05, 0.1) is 5.41 Å². The fourth-order valence-electron chi connectivity index (χ4n) is 1.36. The first kappa shape index (κ1) is 11.8. The van der Waals surface area contributed by atoms with Gasteiger partial charge in [0, 0.05) is 0 Å². The van der Waals surface area contributed by atoms with Gasteiger partial charge in [-0.15, -0.1) is 0 Å². The van der Waals surface area contributed by atoms with Gasteiger partial charge in [-0.1, -0.05) is 34.6 Å². The molecule has 0 atom stereocenters. The normalized spacial score (nSPS) is 14.5. The van der Waals surface area contributed by atoms with Crippen LogP contribution in [0.25, 0.3) is 0 Å². The Labute approximate surface area is 72.8 Å². The van der Waals surface area contributed by atoms with E-state index in [1.54, 1.807) is 27.7 Å². The molecule has 0 spiro atoms. The summed E-state index contributed by atoms with van der Waals surface area (Å²) in [6.45, 7) is 8.21. The van der Waals surface area contributed by atoms with Gasteiger partial charge < -0.3 is 5.11 Å². The van der Waals surface area contributed by atoms with E-state index in [2.05, 4.69) is 0 Å². The molecule has 0 aliphatic heterocycles. The lowest BCUT2D eigenvalue weighted by Gasteiger charge is -2.40. The summed E-state index contributed by atoms with van der Waals surface area (Å²) in [4.78, 5) is 0. The predicted molar refractivity (Wildman–Crippen MR) is 44.9 cm³/mol. The molecule has 0 aromatic carbocycles. The molecule has 0 rings (SSSR count). The van der Waals surface area contributed by atoms with Gasteiger partial charge in [-0.25, -0.2) is 0 Å². The summed E-state index contributed by atoms with van der Waals surface area (Å²) in [5, 5.41) is 8.74. The van der Waals surface area contributed by atoms with Crippen molar-refractivity contribution < 1.29 is 13.9 Å². The summed E-state index contributed by atoms with van der Waals surface area (Å²) in [5.74, 6) is -0.505. The zero-order valence-corrected chi connectivity index (χ0v) is 8.36. The number of hydrogen-bond donors (Lipinski definition) is 1. The first-order valence-corrected chi connectivity index (χ1v) is 4.24. The second-order valence-corrected chi connectivity index (χ2v) is 4.13. The monoisotopic (exact) mass is 180 g/mol. The van der Waals surface area contributed by atoms with Gasteiger partial charge in [0.1, 0.15) is 0 Å². The third-order valence-corrected chi connectivity index (χ3v) is 3.05. The van der Waals surface area contributed by atoms with Crippen LogP contribution in [0.3, 0.4) is 0 Å². The molecule has 0 amide bonds. The standard InChI is InChI=1S/C9H18F2O/c1-6(2)8(5,7(3)4)9(10,11)12/h6-7,12H,1-5H3. The Kier molecular flexibility index (Phi) is 3.24. The van der Waals surface area contributed by atoms with Crippen LogP contribution in [0.5, 0.6) is 0 Å². The van der Waals surface area contributed by atoms with Crippen LogP contribution in [-0.2, 0) is 0 Å². The van der Waals surface area contributed by atoms with Crippen LogP contribution in [-0.4, -0.2) is 11.2 Å². The molecule has 0 fully saturated rings. The maximum atomic E-state index is 12.8. The van der Waals surface area contributed by atoms with Crippen molar-refractivity contribution in [2.45, 2.75) is 40.7 Å². The first-order valence-electron chi connectivity index (χ1n) is 4.24. The van der Waals surface area contributed by atoms with Crippen molar-refractivity contribution in [2.75, 3.05) is 0 Å². The summed E-state index contributed by atoms with van der Waals surface area (Å²) in [7, 11) is 0. The van der Waals surface area contributed by atoms with Gasteiger partial charge in [-0.05, 0) is 11.8 Å². The molecule has 0 aromatic rings. The summed E-state index contributed by atoms with van der Waals surface area (Å²) >= 11 is 0. The highest BCUT2D eigenvalue weighted by Crippen LogP contribution is 2.46. The second kappa shape index (κ2) is 3.29. The van der Waals surface area contributed by atoms with Gasteiger partial charge in [0.2, 0.25) is 0 Å². The quantitative estimate of drug-likeness (QED) is 0.708. The van der Waals surface area contributed by atoms with Crippen LogP contribution in [0, 0.1) is 17.3 Å². The van der Waals surface area contributed by atoms with Gasteiger partial charge in [-0.2, -0.15) is 8.78 Å². The number of aliphatic hydroxyl groups is 1. The average Bonchev–Trinajstić information content (AvgIpc) is 1.82. The van der Waals surface area contributed by atoms with E-state index in [4.69, 9.17) is 5.11 Å². The minimum atomic E-state index is -3.60. The lowest BCUT2D eigenvalue weighted by atomic mass is 9.69. The van der Waals surface area contributed by atoms with E-state index >= 15 is 0 Å². The van der Waals surface area contributed by atoms with E-state index in [1.807, 2.05) is 0 Å². The Bertz CT molecular complexity index is 139.